The minimum atomic E-state index is -0.276. The number of nitrogens with one attached hydrogen (secondary N) is 2. The molecule has 0 saturated carbocycles. The molecule has 3 aromatic carbocycles. The molecule has 0 fully saturated rings. The van der Waals surface area contributed by atoms with Crippen LogP contribution in [-0.2, 0) is 0 Å². The predicted molar refractivity (Wildman–Crippen MR) is 109 cm³/mol. The van der Waals surface area contributed by atoms with Crippen molar-refractivity contribution >= 4 is 10.9 Å². The molecule has 7 heteroatoms. The van der Waals surface area contributed by atoms with Crippen LogP contribution in [0.4, 0.5) is 4.39 Å². The number of nitrogens with zero attached hydrogens (tertiary/aromatic N) is 3. The molecule has 29 heavy (non-hydrogen) atoms. The van der Waals surface area contributed by atoms with Gasteiger partial charge in [0.1, 0.15) is 11.6 Å². The van der Waals surface area contributed by atoms with Crippen molar-refractivity contribution in [2.24, 2.45) is 0 Å². The van der Waals surface area contributed by atoms with Gasteiger partial charge in [0.05, 0.1) is 18.3 Å². The van der Waals surface area contributed by atoms with Gasteiger partial charge in [0.15, 0.2) is 11.6 Å². The van der Waals surface area contributed by atoms with Crippen LogP contribution >= 0.6 is 0 Å². The number of fused-ring (bicyclic) bond motifs is 1. The van der Waals surface area contributed by atoms with Crippen molar-refractivity contribution in [2.75, 3.05) is 7.11 Å². The minimum Gasteiger partial charge on any atom is -0.497 e. The number of hydrogen-bond donors (Lipinski definition) is 2. The lowest BCUT2D eigenvalue weighted by Crippen LogP contribution is -1.84. The fourth-order valence-electron chi connectivity index (χ4n) is 3.25. The predicted octanol–water partition coefficient (Wildman–Crippen LogP) is 4.83. The molecule has 2 aromatic heterocycles. The Morgan fingerprint density at radius 3 is 2.28 bits per heavy atom. The molecule has 0 saturated heterocycles. The highest BCUT2D eigenvalue weighted by Crippen LogP contribution is 2.30. The Kier molecular flexibility index (Phi) is 4.05. The number of halogens is 1. The Labute approximate surface area is 165 Å². The maximum Gasteiger partial charge on any atom is 0.181 e. The van der Waals surface area contributed by atoms with Gasteiger partial charge in [-0.1, -0.05) is 0 Å². The maximum absolute atomic E-state index is 13.3. The summed E-state index contributed by atoms with van der Waals surface area (Å²) in [6.07, 6.45) is 0. The smallest absolute Gasteiger partial charge is 0.181 e. The Hall–Kier alpha value is -4.00. The monoisotopic (exact) mass is 385 g/mol. The number of H-pyrrole nitrogens is 2. The van der Waals surface area contributed by atoms with E-state index in [-0.39, 0.29) is 5.82 Å². The third-order valence-electron chi connectivity index (χ3n) is 4.79. The quantitative estimate of drug-likeness (QED) is 0.464. The number of rotatable bonds is 4. The van der Waals surface area contributed by atoms with E-state index in [1.807, 2.05) is 42.5 Å². The molecule has 0 radical (unpaired) electrons. The van der Waals surface area contributed by atoms with Crippen LogP contribution in [0.5, 0.6) is 5.75 Å². The van der Waals surface area contributed by atoms with Crippen molar-refractivity contribution in [3.8, 4) is 39.8 Å². The first-order valence-electron chi connectivity index (χ1n) is 9.02. The molecule has 0 aliphatic heterocycles. The second-order valence-corrected chi connectivity index (χ2v) is 6.58. The van der Waals surface area contributed by atoms with Gasteiger partial charge in [-0.3, -0.25) is 10.2 Å². The first-order chi connectivity index (χ1) is 14.2. The van der Waals surface area contributed by atoms with Crippen molar-refractivity contribution in [3.63, 3.8) is 0 Å². The summed E-state index contributed by atoms with van der Waals surface area (Å²) in [5.41, 5.74) is 4.27. The van der Waals surface area contributed by atoms with Crippen LogP contribution in [0.3, 0.4) is 0 Å². The van der Waals surface area contributed by atoms with Gasteiger partial charge in [0.25, 0.3) is 0 Å². The maximum atomic E-state index is 13.3. The van der Waals surface area contributed by atoms with E-state index in [1.54, 1.807) is 19.2 Å². The summed E-state index contributed by atoms with van der Waals surface area (Å²) in [4.78, 5) is 4.62. The lowest BCUT2D eigenvalue weighted by atomic mass is 10.1. The first-order valence-corrected chi connectivity index (χ1v) is 9.02. The van der Waals surface area contributed by atoms with Gasteiger partial charge in [0.2, 0.25) is 0 Å². The van der Waals surface area contributed by atoms with E-state index in [0.717, 1.165) is 39.0 Å². The number of benzene rings is 3. The van der Waals surface area contributed by atoms with E-state index in [4.69, 9.17) is 4.74 Å². The van der Waals surface area contributed by atoms with Crippen LogP contribution in [0, 0.1) is 5.82 Å². The number of methoxy groups -OCH3 is 1. The largest absolute Gasteiger partial charge is 0.497 e. The van der Waals surface area contributed by atoms with Gasteiger partial charge in [-0.05, 0) is 66.7 Å². The van der Waals surface area contributed by atoms with Crippen LogP contribution in [0.2, 0.25) is 0 Å². The molecule has 5 aromatic rings. The fraction of sp³-hybridized carbons (Fsp3) is 0.0455. The molecule has 0 amide bonds. The molecule has 0 aliphatic carbocycles. The number of ether oxygens (including phenoxy) is 1. The van der Waals surface area contributed by atoms with Gasteiger partial charge in [-0.15, -0.1) is 0 Å². The highest BCUT2D eigenvalue weighted by molar-refractivity contribution is 5.95. The zero-order chi connectivity index (χ0) is 19.8. The molecule has 0 unspecified atom stereocenters. The number of aromatic nitrogens is 5. The van der Waals surface area contributed by atoms with Crippen molar-refractivity contribution < 1.29 is 9.13 Å². The van der Waals surface area contributed by atoms with E-state index in [9.17, 15) is 4.39 Å². The molecule has 0 bridgehead atoms. The van der Waals surface area contributed by atoms with Crippen LogP contribution in [0.1, 0.15) is 0 Å². The lowest BCUT2D eigenvalue weighted by molar-refractivity contribution is 0.415. The van der Waals surface area contributed by atoms with Crippen molar-refractivity contribution in [2.45, 2.75) is 0 Å². The Balaban J connectivity index is 1.53. The molecule has 0 spiro atoms. The third-order valence-corrected chi connectivity index (χ3v) is 4.79. The standard InChI is InChI=1S/C22H16FN5O/c1-29-17-9-4-14(5-10-17)21-24-22(28-27-21)15-6-11-19-18(12-15)20(26-25-19)13-2-7-16(23)8-3-13/h2-12H,1H3,(H,25,26)(H,24,27,28). The third kappa shape index (κ3) is 3.12. The number of aromatic amines is 2. The van der Waals surface area contributed by atoms with Gasteiger partial charge >= 0.3 is 0 Å². The average Bonchev–Trinajstić information content (AvgIpc) is 3.41. The van der Waals surface area contributed by atoms with E-state index >= 15 is 0 Å². The summed E-state index contributed by atoms with van der Waals surface area (Å²) in [7, 11) is 1.63. The summed E-state index contributed by atoms with van der Waals surface area (Å²) in [5.74, 6) is 1.77. The Morgan fingerprint density at radius 2 is 1.52 bits per heavy atom. The molecule has 5 rings (SSSR count). The first kappa shape index (κ1) is 17.1. The minimum absolute atomic E-state index is 0.276. The molecule has 142 valence electrons. The van der Waals surface area contributed by atoms with Crippen LogP contribution in [-0.4, -0.2) is 32.5 Å². The second-order valence-electron chi connectivity index (χ2n) is 6.58. The zero-order valence-corrected chi connectivity index (χ0v) is 15.5. The van der Waals surface area contributed by atoms with E-state index in [2.05, 4.69) is 25.4 Å². The molecule has 6 nitrogen and oxygen atoms in total. The van der Waals surface area contributed by atoms with Crippen LogP contribution in [0.15, 0.2) is 66.7 Å². The van der Waals surface area contributed by atoms with E-state index in [0.29, 0.717) is 11.6 Å². The van der Waals surface area contributed by atoms with Crippen molar-refractivity contribution in [1.82, 2.24) is 25.4 Å². The van der Waals surface area contributed by atoms with E-state index in [1.165, 1.54) is 12.1 Å². The Morgan fingerprint density at radius 1 is 0.793 bits per heavy atom. The van der Waals surface area contributed by atoms with Crippen molar-refractivity contribution in [3.05, 3.63) is 72.5 Å². The summed E-state index contributed by atoms with van der Waals surface area (Å²) in [6.45, 7) is 0. The van der Waals surface area contributed by atoms with Gasteiger partial charge < -0.3 is 4.74 Å². The molecule has 2 heterocycles. The van der Waals surface area contributed by atoms with E-state index < -0.39 is 0 Å². The molecule has 2 N–H and O–H groups in total. The lowest BCUT2D eigenvalue weighted by Gasteiger charge is -2.01. The summed E-state index contributed by atoms with van der Waals surface area (Å²) in [6, 6.07) is 19.8. The number of hydrogen-bond acceptors (Lipinski definition) is 4. The van der Waals surface area contributed by atoms with Crippen molar-refractivity contribution in [1.29, 1.82) is 0 Å². The van der Waals surface area contributed by atoms with Crippen LogP contribution < -0.4 is 4.74 Å². The highest BCUT2D eigenvalue weighted by Gasteiger charge is 2.13. The average molecular weight is 385 g/mol. The molecular formula is C22H16FN5O. The van der Waals surface area contributed by atoms with Gasteiger partial charge in [-0.2, -0.15) is 10.2 Å². The topological polar surface area (TPSA) is 79.5 Å². The summed E-state index contributed by atoms with van der Waals surface area (Å²) < 4.78 is 18.4. The summed E-state index contributed by atoms with van der Waals surface area (Å²) in [5, 5.41) is 15.7. The van der Waals surface area contributed by atoms with Gasteiger partial charge in [0, 0.05) is 22.1 Å². The molecule has 0 aliphatic rings. The Bertz CT molecular complexity index is 1290. The fourth-order valence-corrected chi connectivity index (χ4v) is 3.25. The zero-order valence-electron chi connectivity index (χ0n) is 15.5. The SMILES string of the molecule is COc1ccc(-c2n[nH]c(-c3ccc4[nH]nc(-c5ccc(F)cc5)c4c3)n2)cc1. The second kappa shape index (κ2) is 6.87. The van der Waals surface area contributed by atoms with Gasteiger partial charge in [-0.25, -0.2) is 9.37 Å². The highest BCUT2D eigenvalue weighted by atomic mass is 19.1. The summed E-state index contributed by atoms with van der Waals surface area (Å²) >= 11 is 0. The molecular weight excluding hydrogens is 369 g/mol. The molecule has 0 atom stereocenters. The normalized spacial score (nSPS) is 11.1. The van der Waals surface area contributed by atoms with Crippen LogP contribution in [0.25, 0.3) is 44.9 Å².